The highest BCUT2D eigenvalue weighted by Gasteiger charge is 2.34. The molecule has 3 heterocycles. The van der Waals surface area contributed by atoms with Crippen molar-refractivity contribution in [1.82, 2.24) is 29.7 Å². The number of anilines is 1. The minimum absolute atomic E-state index is 0.0107. The summed E-state index contributed by atoms with van der Waals surface area (Å²) in [6.07, 6.45) is 1.60. The minimum Gasteiger partial charge on any atom is -0.481 e. The average Bonchev–Trinajstić information content (AvgIpc) is 3.20. The van der Waals surface area contributed by atoms with Crippen LogP contribution in [0.3, 0.4) is 0 Å². The highest BCUT2D eigenvalue weighted by atomic mass is 35.5. The smallest absolute Gasteiger partial charge is 0.240 e. The fraction of sp³-hybridized carbons (Fsp3) is 0.368. The van der Waals surface area contributed by atoms with E-state index in [2.05, 4.69) is 29.9 Å². The van der Waals surface area contributed by atoms with Crippen LogP contribution in [0.2, 0.25) is 5.02 Å². The number of sulfonamides is 1. The maximum absolute atomic E-state index is 13.2. The molecule has 0 aliphatic carbocycles. The van der Waals surface area contributed by atoms with Crippen LogP contribution in [0.5, 0.6) is 5.88 Å². The molecule has 0 saturated carbocycles. The van der Waals surface area contributed by atoms with Crippen molar-refractivity contribution in [3.63, 3.8) is 0 Å². The van der Waals surface area contributed by atoms with Crippen LogP contribution in [-0.4, -0.2) is 63.5 Å². The maximum Gasteiger partial charge on any atom is 0.240 e. The standard InChI is InChI=1S/C19H23ClN8O5S/c1-11(16(33-3)17-22-9-12(20)10-23-17)34(30,31)27-19-26-25-18(28(19)8-7-14(21)29)13-5-4-6-15(24-13)32-2/h4-6,9-11,16H,7-8H2,1-3H3,(H2,21,29)(H,26,27)/t11-,16-/m0/s1. The number of primary amides is 1. The molecule has 3 aromatic rings. The Kier molecular flexibility index (Phi) is 7.96. The van der Waals surface area contributed by atoms with Gasteiger partial charge in [-0.05, 0) is 13.0 Å². The predicted octanol–water partition coefficient (Wildman–Crippen LogP) is 1.19. The molecule has 3 rings (SSSR count). The zero-order valence-corrected chi connectivity index (χ0v) is 20.1. The number of aromatic nitrogens is 6. The Labute approximate surface area is 200 Å². The van der Waals surface area contributed by atoms with Crippen molar-refractivity contribution in [3.8, 4) is 17.4 Å². The van der Waals surface area contributed by atoms with E-state index in [1.807, 2.05) is 0 Å². The van der Waals surface area contributed by atoms with Gasteiger partial charge in [-0.2, -0.15) is 0 Å². The number of ether oxygens (including phenoxy) is 2. The third kappa shape index (κ3) is 5.76. The van der Waals surface area contributed by atoms with Crippen LogP contribution in [0.25, 0.3) is 11.5 Å². The van der Waals surface area contributed by atoms with Crippen LogP contribution in [-0.2, 0) is 26.1 Å². The van der Waals surface area contributed by atoms with Crippen molar-refractivity contribution >= 4 is 33.5 Å². The summed E-state index contributed by atoms with van der Waals surface area (Å²) < 4.78 is 40.7. The molecule has 15 heteroatoms. The van der Waals surface area contributed by atoms with Crippen molar-refractivity contribution in [2.45, 2.75) is 31.2 Å². The number of hydrogen-bond donors (Lipinski definition) is 2. The van der Waals surface area contributed by atoms with Crippen molar-refractivity contribution in [2.24, 2.45) is 5.73 Å². The van der Waals surface area contributed by atoms with E-state index < -0.39 is 27.3 Å². The van der Waals surface area contributed by atoms with E-state index in [9.17, 15) is 13.2 Å². The fourth-order valence-electron chi connectivity index (χ4n) is 3.01. The third-order valence-corrected chi connectivity index (χ3v) is 6.68. The second-order valence-corrected chi connectivity index (χ2v) is 9.52. The van der Waals surface area contributed by atoms with E-state index in [0.29, 0.717) is 16.6 Å². The van der Waals surface area contributed by atoms with Crippen molar-refractivity contribution in [1.29, 1.82) is 0 Å². The molecule has 0 saturated heterocycles. The lowest BCUT2D eigenvalue weighted by Gasteiger charge is -2.22. The zero-order valence-electron chi connectivity index (χ0n) is 18.5. The molecule has 0 bridgehead atoms. The quantitative estimate of drug-likeness (QED) is 0.380. The minimum atomic E-state index is -4.10. The lowest BCUT2D eigenvalue weighted by atomic mass is 10.2. The summed E-state index contributed by atoms with van der Waals surface area (Å²) >= 11 is 5.82. The molecular formula is C19H23ClN8O5S. The van der Waals surface area contributed by atoms with Crippen LogP contribution in [0.15, 0.2) is 30.6 Å². The first-order valence-electron chi connectivity index (χ1n) is 9.91. The van der Waals surface area contributed by atoms with E-state index in [0.717, 1.165) is 0 Å². The summed E-state index contributed by atoms with van der Waals surface area (Å²) in [5, 5.41) is 7.18. The number of carbonyl (C=O) groups excluding carboxylic acids is 1. The normalized spacial score (nSPS) is 13.3. The summed E-state index contributed by atoms with van der Waals surface area (Å²) in [5.41, 5.74) is 5.65. The Balaban J connectivity index is 1.95. The molecule has 34 heavy (non-hydrogen) atoms. The largest absolute Gasteiger partial charge is 0.481 e. The monoisotopic (exact) mass is 510 g/mol. The van der Waals surface area contributed by atoms with E-state index in [4.69, 9.17) is 26.8 Å². The third-order valence-electron chi connectivity index (χ3n) is 4.79. The molecule has 0 radical (unpaired) electrons. The number of nitrogens with one attached hydrogen (secondary N) is 1. The van der Waals surface area contributed by atoms with E-state index in [-0.39, 0.29) is 30.6 Å². The molecule has 3 aromatic heterocycles. The van der Waals surface area contributed by atoms with Gasteiger partial charge in [-0.15, -0.1) is 10.2 Å². The maximum atomic E-state index is 13.2. The molecule has 0 fully saturated rings. The topological polar surface area (TPSA) is 177 Å². The van der Waals surface area contributed by atoms with Gasteiger partial charge in [0.05, 0.1) is 12.1 Å². The van der Waals surface area contributed by atoms with Gasteiger partial charge in [0.25, 0.3) is 0 Å². The molecule has 0 aliphatic heterocycles. The molecule has 13 nitrogen and oxygen atoms in total. The number of pyridine rings is 1. The van der Waals surface area contributed by atoms with Crippen molar-refractivity contribution in [3.05, 3.63) is 41.4 Å². The van der Waals surface area contributed by atoms with Gasteiger partial charge in [-0.1, -0.05) is 17.7 Å². The molecule has 1 amide bonds. The van der Waals surface area contributed by atoms with Crippen LogP contribution < -0.4 is 15.2 Å². The Hall–Kier alpha value is -3.36. The molecule has 0 aromatic carbocycles. The van der Waals surface area contributed by atoms with Crippen molar-refractivity contribution in [2.75, 3.05) is 18.9 Å². The summed E-state index contributed by atoms with van der Waals surface area (Å²) in [7, 11) is -1.29. The number of nitrogens with two attached hydrogens (primary N) is 1. The second kappa shape index (κ2) is 10.7. The van der Waals surface area contributed by atoms with Gasteiger partial charge in [0.15, 0.2) is 11.6 Å². The molecule has 0 spiro atoms. The SMILES string of the molecule is COc1cccc(-c2nnc(NS(=O)(=O)[C@@H](C)[C@H](OC)c3ncc(Cl)cn3)n2CCC(N)=O)n1. The summed E-state index contributed by atoms with van der Waals surface area (Å²) in [4.78, 5) is 23.8. The lowest BCUT2D eigenvalue weighted by molar-refractivity contribution is -0.118. The van der Waals surface area contributed by atoms with E-state index in [1.54, 1.807) is 18.2 Å². The predicted molar refractivity (Wildman–Crippen MR) is 122 cm³/mol. The highest BCUT2D eigenvalue weighted by Crippen LogP contribution is 2.26. The summed E-state index contributed by atoms with van der Waals surface area (Å²) in [5.74, 6) is -0.0287. The van der Waals surface area contributed by atoms with Crippen LogP contribution in [0.4, 0.5) is 5.95 Å². The Morgan fingerprint density at radius 2 is 1.94 bits per heavy atom. The number of methoxy groups -OCH3 is 2. The number of rotatable bonds is 11. The summed E-state index contributed by atoms with van der Waals surface area (Å²) in [6.45, 7) is 1.44. The van der Waals surface area contributed by atoms with Gasteiger partial charge < -0.3 is 15.2 Å². The molecule has 0 unspecified atom stereocenters. The van der Waals surface area contributed by atoms with Crippen LogP contribution >= 0.6 is 11.6 Å². The number of amides is 1. The van der Waals surface area contributed by atoms with Crippen molar-refractivity contribution < 1.29 is 22.7 Å². The number of hydrogen-bond acceptors (Lipinski definition) is 10. The number of carbonyl (C=O) groups is 1. The Morgan fingerprint density at radius 3 is 2.56 bits per heavy atom. The Bertz CT molecular complexity index is 1250. The van der Waals surface area contributed by atoms with Gasteiger partial charge in [-0.25, -0.2) is 23.4 Å². The fourth-order valence-corrected chi connectivity index (χ4v) is 4.26. The second-order valence-electron chi connectivity index (χ2n) is 7.05. The van der Waals surface area contributed by atoms with Crippen LogP contribution in [0, 0.1) is 0 Å². The van der Waals surface area contributed by atoms with Gasteiger partial charge in [0.1, 0.15) is 17.0 Å². The molecule has 2 atom stereocenters. The van der Waals surface area contributed by atoms with Crippen LogP contribution in [0.1, 0.15) is 25.3 Å². The first-order chi connectivity index (χ1) is 16.2. The highest BCUT2D eigenvalue weighted by molar-refractivity contribution is 7.93. The zero-order chi connectivity index (χ0) is 24.9. The summed E-state index contributed by atoms with van der Waals surface area (Å²) in [6, 6.07) is 4.98. The molecule has 0 aliphatic rings. The van der Waals surface area contributed by atoms with Gasteiger partial charge in [0, 0.05) is 38.5 Å². The van der Waals surface area contributed by atoms with Gasteiger partial charge in [-0.3, -0.25) is 14.1 Å². The molecule has 182 valence electrons. The average molecular weight is 511 g/mol. The molecular weight excluding hydrogens is 488 g/mol. The lowest BCUT2D eigenvalue weighted by Crippen LogP contribution is -2.33. The number of halogens is 1. The first kappa shape index (κ1) is 25.3. The van der Waals surface area contributed by atoms with Gasteiger partial charge in [0.2, 0.25) is 27.8 Å². The Morgan fingerprint density at radius 1 is 1.24 bits per heavy atom. The number of nitrogens with zero attached hydrogens (tertiary/aromatic N) is 6. The first-order valence-corrected chi connectivity index (χ1v) is 11.8. The van der Waals surface area contributed by atoms with E-state index in [1.165, 1.54) is 38.1 Å². The molecule has 3 N–H and O–H groups in total. The van der Waals surface area contributed by atoms with Gasteiger partial charge >= 0.3 is 0 Å². The van der Waals surface area contributed by atoms with E-state index >= 15 is 0 Å².